The molecule has 2 amide bonds. The number of nitrogens with one attached hydrogen (secondary N) is 2. The number of carbonyl (C=O) groups is 3. The number of halogens is 2. The van der Waals surface area contributed by atoms with E-state index in [1.807, 2.05) is 13.8 Å². The largest absolute Gasteiger partial charge is 0.480 e. The van der Waals surface area contributed by atoms with Crippen molar-refractivity contribution < 1.29 is 28.3 Å². The summed E-state index contributed by atoms with van der Waals surface area (Å²) in [7, 11) is 0. The van der Waals surface area contributed by atoms with Gasteiger partial charge in [-0.05, 0) is 30.9 Å². The van der Waals surface area contributed by atoms with Crippen molar-refractivity contribution in [2.24, 2.45) is 5.92 Å². The third-order valence-corrected chi connectivity index (χ3v) is 3.38. The zero-order chi connectivity index (χ0) is 19.0. The Labute approximate surface area is 144 Å². The number of carboxylic acids is 1. The minimum atomic E-state index is -1.10. The van der Waals surface area contributed by atoms with Crippen LogP contribution in [0.15, 0.2) is 18.2 Å². The quantitative estimate of drug-likeness (QED) is 0.591. The number of hydrogen-bond donors (Lipinski definition) is 3. The molecule has 0 spiro atoms. The van der Waals surface area contributed by atoms with Crippen LogP contribution in [0, 0.1) is 17.6 Å². The molecule has 138 valence electrons. The van der Waals surface area contributed by atoms with Crippen LogP contribution in [0.2, 0.25) is 0 Å². The van der Waals surface area contributed by atoms with Crippen LogP contribution in [0.5, 0.6) is 0 Å². The van der Waals surface area contributed by atoms with Gasteiger partial charge < -0.3 is 15.7 Å². The lowest BCUT2D eigenvalue weighted by Crippen LogP contribution is -2.41. The van der Waals surface area contributed by atoms with Crippen LogP contribution in [0.4, 0.5) is 8.78 Å². The Morgan fingerprint density at radius 3 is 2.44 bits per heavy atom. The number of carbonyl (C=O) groups excluding carboxylic acids is 2. The number of aliphatic carboxylic acids is 1. The van der Waals surface area contributed by atoms with Crippen molar-refractivity contribution in [1.29, 1.82) is 0 Å². The first-order valence-electron chi connectivity index (χ1n) is 7.96. The van der Waals surface area contributed by atoms with Crippen molar-refractivity contribution in [1.82, 2.24) is 10.6 Å². The van der Waals surface area contributed by atoms with Crippen molar-refractivity contribution >= 4 is 17.8 Å². The van der Waals surface area contributed by atoms with Gasteiger partial charge in [0.15, 0.2) is 0 Å². The maximum Gasteiger partial charge on any atom is 0.326 e. The molecule has 1 unspecified atom stereocenters. The van der Waals surface area contributed by atoms with Gasteiger partial charge in [-0.15, -0.1) is 0 Å². The van der Waals surface area contributed by atoms with Crippen LogP contribution in [0.1, 0.15) is 43.5 Å². The van der Waals surface area contributed by atoms with Crippen LogP contribution in [0.3, 0.4) is 0 Å². The van der Waals surface area contributed by atoms with Crippen molar-refractivity contribution in [3.05, 3.63) is 35.4 Å². The second kappa shape index (κ2) is 9.71. The van der Waals surface area contributed by atoms with Crippen molar-refractivity contribution in [2.75, 3.05) is 6.54 Å². The fraction of sp³-hybridized carbons (Fsp3) is 0.471. The van der Waals surface area contributed by atoms with Gasteiger partial charge >= 0.3 is 5.97 Å². The van der Waals surface area contributed by atoms with E-state index in [0.717, 1.165) is 12.1 Å². The Morgan fingerprint density at radius 2 is 1.88 bits per heavy atom. The molecule has 0 bridgehead atoms. The highest BCUT2D eigenvalue weighted by Crippen LogP contribution is 2.09. The molecule has 0 aliphatic carbocycles. The third-order valence-electron chi connectivity index (χ3n) is 3.38. The fourth-order valence-corrected chi connectivity index (χ4v) is 2.18. The molecule has 0 aliphatic rings. The summed E-state index contributed by atoms with van der Waals surface area (Å²) in [4.78, 5) is 34.6. The summed E-state index contributed by atoms with van der Waals surface area (Å²) < 4.78 is 26.2. The summed E-state index contributed by atoms with van der Waals surface area (Å²) in [5, 5.41) is 13.9. The molecule has 6 nitrogen and oxygen atoms in total. The maximum atomic E-state index is 13.4. The van der Waals surface area contributed by atoms with E-state index in [9.17, 15) is 23.2 Å². The molecule has 8 heteroatoms. The van der Waals surface area contributed by atoms with Crippen LogP contribution in [-0.2, 0) is 9.59 Å². The van der Waals surface area contributed by atoms with Crippen molar-refractivity contribution in [3.63, 3.8) is 0 Å². The summed E-state index contributed by atoms with van der Waals surface area (Å²) in [5.41, 5.74) is -0.284. The predicted molar refractivity (Wildman–Crippen MR) is 86.9 cm³/mol. The minimum absolute atomic E-state index is 0.0219. The summed E-state index contributed by atoms with van der Waals surface area (Å²) in [5.74, 6) is -3.86. The Kier molecular flexibility index (Phi) is 7.97. The number of amides is 2. The number of rotatable bonds is 9. The van der Waals surface area contributed by atoms with E-state index in [1.54, 1.807) is 0 Å². The van der Waals surface area contributed by atoms with E-state index < -0.39 is 35.5 Å². The Balaban J connectivity index is 2.38. The lowest BCUT2D eigenvalue weighted by molar-refractivity contribution is -0.142. The molecule has 1 atom stereocenters. The Hall–Kier alpha value is -2.51. The van der Waals surface area contributed by atoms with E-state index in [2.05, 4.69) is 10.6 Å². The van der Waals surface area contributed by atoms with Gasteiger partial charge in [0.2, 0.25) is 5.91 Å². The second-order valence-electron chi connectivity index (χ2n) is 6.07. The lowest BCUT2D eigenvalue weighted by atomic mass is 10.0. The van der Waals surface area contributed by atoms with Gasteiger partial charge in [-0.25, -0.2) is 13.6 Å². The lowest BCUT2D eigenvalue weighted by Gasteiger charge is -2.16. The molecule has 1 rings (SSSR count). The van der Waals surface area contributed by atoms with Gasteiger partial charge in [0, 0.05) is 19.0 Å². The molecule has 0 radical (unpaired) electrons. The smallest absolute Gasteiger partial charge is 0.326 e. The van der Waals surface area contributed by atoms with Crippen molar-refractivity contribution in [2.45, 2.75) is 39.2 Å². The van der Waals surface area contributed by atoms with Crippen molar-refractivity contribution in [3.8, 4) is 0 Å². The molecule has 0 aliphatic heterocycles. The van der Waals surface area contributed by atoms with Gasteiger partial charge in [0.05, 0.1) is 5.56 Å². The van der Waals surface area contributed by atoms with E-state index >= 15 is 0 Å². The van der Waals surface area contributed by atoms with E-state index in [1.165, 1.54) is 0 Å². The molecule has 25 heavy (non-hydrogen) atoms. The topological polar surface area (TPSA) is 95.5 Å². The number of benzene rings is 1. The highest BCUT2D eigenvalue weighted by molar-refractivity contribution is 5.94. The SMILES string of the molecule is CC(C)CC(NC(=O)CCCNC(=O)c1ccc(F)cc1F)C(=O)O. The van der Waals surface area contributed by atoms with Gasteiger partial charge in [0.25, 0.3) is 5.91 Å². The highest BCUT2D eigenvalue weighted by Gasteiger charge is 2.20. The van der Waals surface area contributed by atoms with Gasteiger partial charge in [-0.1, -0.05) is 13.8 Å². The molecule has 1 aromatic rings. The van der Waals surface area contributed by atoms with E-state index in [0.29, 0.717) is 12.5 Å². The number of hydrogen-bond acceptors (Lipinski definition) is 3. The highest BCUT2D eigenvalue weighted by atomic mass is 19.1. The Bertz CT molecular complexity index is 635. The molecule has 0 saturated heterocycles. The average molecular weight is 356 g/mol. The summed E-state index contributed by atoms with van der Waals surface area (Å²) in [6.45, 7) is 3.81. The first kappa shape index (κ1) is 20.5. The molecule has 0 fully saturated rings. The predicted octanol–water partition coefficient (Wildman–Crippen LogP) is 2.09. The van der Waals surface area contributed by atoms with Gasteiger partial charge in [0.1, 0.15) is 17.7 Å². The molecule has 1 aromatic carbocycles. The van der Waals surface area contributed by atoms with E-state index in [-0.39, 0.29) is 30.9 Å². The monoisotopic (exact) mass is 356 g/mol. The molecule has 3 N–H and O–H groups in total. The zero-order valence-corrected chi connectivity index (χ0v) is 14.1. The second-order valence-corrected chi connectivity index (χ2v) is 6.07. The molecular formula is C17H22F2N2O4. The first-order valence-corrected chi connectivity index (χ1v) is 7.96. The molecule has 0 aromatic heterocycles. The van der Waals surface area contributed by atoms with Crippen LogP contribution < -0.4 is 10.6 Å². The third kappa shape index (κ3) is 7.28. The van der Waals surface area contributed by atoms with Crippen LogP contribution in [0.25, 0.3) is 0 Å². The Morgan fingerprint density at radius 1 is 1.20 bits per heavy atom. The number of carboxylic acid groups (broad SMARTS) is 1. The van der Waals surface area contributed by atoms with E-state index in [4.69, 9.17) is 5.11 Å². The fourth-order valence-electron chi connectivity index (χ4n) is 2.18. The average Bonchev–Trinajstić information content (AvgIpc) is 2.50. The zero-order valence-electron chi connectivity index (χ0n) is 14.1. The van der Waals surface area contributed by atoms with Gasteiger partial charge in [-0.2, -0.15) is 0 Å². The molecule has 0 heterocycles. The normalized spacial score (nSPS) is 11.9. The maximum absolute atomic E-state index is 13.4. The van der Waals surface area contributed by atoms with Crippen LogP contribution in [-0.4, -0.2) is 35.5 Å². The molecule has 0 saturated carbocycles. The van der Waals surface area contributed by atoms with Crippen LogP contribution >= 0.6 is 0 Å². The first-order chi connectivity index (χ1) is 11.7. The van der Waals surface area contributed by atoms with Gasteiger partial charge in [-0.3, -0.25) is 9.59 Å². The standard InChI is InChI=1S/C17H22F2N2O4/c1-10(2)8-14(17(24)25)21-15(22)4-3-7-20-16(23)12-6-5-11(18)9-13(12)19/h5-6,9-10,14H,3-4,7-8H2,1-2H3,(H,20,23)(H,21,22)(H,24,25). The summed E-state index contributed by atoms with van der Waals surface area (Å²) in [6.07, 6.45) is 0.601. The minimum Gasteiger partial charge on any atom is -0.480 e. The summed E-state index contributed by atoms with van der Waals surface area (Å²) >= 11 is 0. The summed E-state index contributed by atoms with van der Waals surface area (Å²) in [6, 6.07) is 1.68. The molecular weight excluding hydrogens is 334 g/mol.